The molecular weight excluding hydrogens is 382 g/mol. The number of pyridine rings is 1. The van der Waals surface area contributed by atoms with E-state index in [1.807, 2.05) is 18.3 Å². The van der Waals surface area contributed by atoms with Crippen LogP contribution in [0.1, 0.15) is 12.8 Å². The van der Waals surface area contributed by atoms with Gasteiger partial charge in [0, 0.05) is 23.7 Å². The van der Waals surface area contributed by atoms with E-state index in [9.17, 15) is 0 Å². The largest absolute Gasteiger partial charge is 0.370 e. The van der Waals surface area contributed by atoms with Gasteiger partial charge < -0.3 is 14.7 Å². The molecule has 0 spiro atoms. The Balaban J connectivity index is 1.87. The number of unbranched alkanes of at least 4 members (excludes halogenated alkanes) is 1. The maximum atomic E-state index is 8.62. The second-order valence-corrected chi connectivity index (χ2v) is 6.63. The number of rotatable bonds is 8. The van der Waals surface area contributed by atoms with Crippen molar-refractivity contribution in [3.8, 4) is 11.1 Å². The summed E-state index contributed by atoms with van der Waals surface area (Å²) in [4.78, 5) is 13.2. The number of nitrogens with one attached hydrogen (secondary N) is 2. The van der Waals surface area contributed by atoms with Gasteiger partial charge in [-0.2, -0.15) is 5.10 Å². The second kappa shape index (κ2) is 8.79. The van der Waals surface area contributed by atoms with E-state index in [1.54, 1.807) is 12.3 Å². The average Bonchev–Trinajstić information content (AvgIpc) is 3.15. The van der Waals surface area contributed by atoms with Crippen LogP contribution in [0.3, 0.4) is 0 Å². The van der Waals surface area contributed by atoms with Gasteiger partial charge in [-0.1, -0.05) is 29.3 Å². The minimum absolute atomic E-state index is 0.435. The summed E-state index contributed by atoms with van der Waals surface area (Å²) < 4.78 is 4.94. The Bertz CT molecular complexity index is 846. The molecule has 0 aliphatic heterocycles. The van der Waals surface area contributed by atoms with Crippen LogP contribution in [0.4, 0.5) is 5.82 Å². The Morgan fingerprint density at radius 2 is 2.16 bits per heavy atom. The highest BCUT2D eigenvalue weighted by atomic mass is 35.5. The van der Waals surface area contributed by atoms with Crippen molar-refractivity contribution in [3.05, 3.63) is 40.6 Å². The predicted octanol–water partition coefficient (Wildman–Crippen LogP) is 4.64. The molecule has 1 atom stereocenters. The first-order valence-corrected chi connectivity index (χ1v) is 9.34. The molecule has 25 heavy (non-hydrogen) atoms. The fraction of sp³-hybridized carbons (Fsp3) is 0.250. The molecule has 0 saturated carbocycles. The zero-order chi connectivity index (χ0) is 17.6. The second-order valence-electron chi connectivity index (χ2n) is 5.37. The third kappa shape index (κ3) is 4.40. The van der Waals surface area contributed by atoms with Crippen molar-refractivity contribution in [2.75, 3.05) is 18.5 Å². The number of anilines is 1. The van der Waals surface area contributed by atoms with E-state index in [0.717, 1.165) is 41.7 Å². The molecule has 1 unspecified atom stereocenters. The predicted molar refractivity (Wildman–Crippen MR) is 104 cm³/mol. The highest BCUT2D eigenvalue weighted by Crippen LogP contribution is 2.36. The van der Waals surface area contributed by atoms with Gasteiger partial charge in [0.2, 0.25) is 0 Å². The van der Waals surface area contributed by atoms with E-state index in [1.165, 1.54) is 0 Å². The molecule has 0 fully saturated rings. The molecular formula is C16H17Cl2N4O2P. The molecule has 132 valence electrons. The topological polar surface area (TPSA) is 83.1 Å². The van der Waals surface area contributed by atoms with Gasteiger partial charge in [-0.25, -0.2) is 4.98 Å². The van der Waals surface area contributed by atoms with Gasteiger partial charge in [-0.15, -0.1) is 0 Å². The highest BCUT2D eigenvalue weighted by Gasteiger charge is 2.13. The summed E-state index contributed by atoms with van der Waals surface area (Å²) in [5.74, 6) is 0.720. The van der Waals surface area contributed by atoms with E-state index in [4.69, 9.17) is 32.6 Å². The number of hydrogen-bond donors (Lipinski definition) is 3. The first kappa shape index (κ1) is 18.4. The zero-order valence-electron chi connectivity index (χ0n) is 13.2. The first-order valence-electron chi connectivity index (χ1n) is 7.73. The number of halogens is 2. The standard InChI is InChI=1S/C16H17Cl2N4O2P/c17-13-4-3-11-12(10-8-20-21-9-10)7-14(22-16(11)15(13)18)19-5-1-2-6-24-25-23/h3-4,7-9,23,25H,1-2,5-6H2,(H,19,22)(H,20,21). The van der Waals surface area contributed by atoms with Crippen LogP contribution in [0.15, 0.2) is 30.6 Å². The monoisotopic (exact) mass is 398 g/mol. The number of aromatic nitrogens is 3. The molecule has 0 aliphatic rings. The summed E-state index contributed by atoms with van der Waals surface area (Å²) in [6, 6.07) is 5.66. The molecule has 2 heterocycles. The molecule has 3 N–H and O–H groups in total. The maximum absolute atomic E-state index is 8.62. The Hall–Kier alpha value is -1.43. The summed E-state index contributed by atoms with van der Waals surface area (Å²) in [7, 11) is -0.455. The molecule has 0 bridgehead atoms. The van der Waals surface area contributed by atoms with Crippen LogP contribution in [-0.4, -0.2) is 33.2 Å². The lowest BCUT2D eigenvalue weighted by Gasteiger charge is -2.12. The Morgan fingerprint density at radius 1 is 1.28 bits per heavy atom. The third-order valence-corrected chi connectivity index (χ3v) is 4.85. The quantitative estimate of drug-likeness (QED) is 0.380. The lowest BCUT2D eigenvalue weighted by atomic mass is 10.0. The molecule has 0 amide bonds. The van der Waals surface area contributed by atoms with Gasteiger partial charge in [0.05, 0.1) is 28.4 Å². The molecule has 1 aromatic carbocycles. The summed E-state index contributed by atoms with van der Waals surface area (Å²) in [5, 5.41) is 12.0. The van der Waals surface area contributed by atoms with E-state index >= 15 is 0 Å². The van der Waals surface area contributed by atoms with Crippen molar-refractivity contribution < 1.29 is 9.42 Å². The maximum Gasteiger partial charge on any atom is 0.152 e. The van der Waals surface area contributed by atoms with Gasteiger partial charge in [-0.3, -0.25) is 5.10 Å². The molecule has 0 radical (unpaired) electrons. The molecule has 0 aliphatic carbocycles. The molecule has 6 nitrogen and oxygen atoms in total. The van der Waals surface area contributed by atoms with Gasteiger partial charge in [0.15, 0.2) is 9.03 Å². The lowest BCUT2D eigenvalue weighted by molar-refractivity contribution is 0.317. The molecule has 0 saturated heterocycles. The van der Waals surface area contributed by atoms with Crippen LogP contribution >= 0.6 is 32.2 Å². The average molecular weight is 399 g/mol. The molecule has 3 rings (SSSR count). The Morgan fingerprint density at radius 3 is 2.92 bits per heavy atom. The van der Waals surface area contributed by atoms with E-state index in [0.29, 0.717) is 22.2 Å². The number of fused-ring (bicyclic) bond motifs is 1. The van der Waals surface area contributed by atoms with Crippen molar-refractivity contribution in [1.29, 1.82) is 0 Å². The number of benzene rings is 1. The third-order valence-electron chi connectivity index (χ3n) is 3.73. The van der Waals surface area contributed by atoms with Gasteiger partial charge >= 0.3 is 0 Å². The van der Waals surface area contributed by atoms with Gasteiger partial charge in [-0.05, 0) is 30.5 Å². The number of nitrogens with zero attached hydrogens (tertiary/aromatic N) is 2. The van der Waals surface area contributed by atoms with Gasteiger partial charge in [0.1, 0.15) is 5.82 Å². The summed E-state index contributed by atoms with van der Waals surface area (Å²) in [6.45, 7) is 1.28. The first-order chi connectivity index (χ1) is 12.2. The van der Waals surface area contributed by atoms with Crippen molar-refractivity contribution in [3.63, 3.8) is 0 Å². The molecule has 3 aromatic rings. The van der Waals surface area contributed by atoms with Crippen LogP contribution < -0.4 is 5.32 Å². The number of aromatic amines is 1. The van der Waals surface area contributed by atoms with E-state index in [2.05, 4.69) is 20.5 Å². The van der Waals surface area contributed by atoms with E-state index in [-0.39, 0.29) is 0 Å². The minimum atomic E-state index is -0.455. The van der Waals surface area contributed by atoms with E-state index < -0.39 is 9.03 Å². The summed E-state index contributed by atoms with van der Waals surface area (Å²) in [6.07, 6.45) is 5.34. The van der Waals surface area contributed by atoms with Crippen molar-refractivity contribution in [2.24, 2.45) is 0 Å². The smallest absolute Gasteiger partial charge is 0.152 e. The van der Waals surface area contributed by atoms with Crippen LogP contribution in [0.2, 0.25) is 10.0 Å². The van der Waals surface area contributed by atoms with Crippen LogP contribution in [0, 0.1) is 0 Å². The van der Waals surface area contributed by atoms with Crippen LogP contribution in [-0.2, 0) is 4.52 Å². The molecule has 2 aromatic heterocycles. The Kier molecular flexibility index (Phi) is 6.45. The van der Waals surface area contributed by atoms with Crippen molar-refractivity contribution in [2.45, 2.75) is 12.8 Å². The zero-order valence-corrected chi connectivity index (χ0v) is 15.7. The van der Waals surface area contributed by atoms with Crippen molar-refractivity contribution in [1.82, 2.24) is 15.2 Å². The fourth-order valence-electron chi connectivity index (χ4n) is 2.52. The fourth-order valence-corrected chi connectivity index (χ4v) is 3.12. The minimum Gasteiger partial charge on any atom is -0.370 e. The SMILES string of the molecule is OPOCCCCNc1cc(-c2cn[nH]c2)c2ccc(Cl)c(Cl)c2n1. The molecule has 9 heteroatoms. The van der Waals surface area contributed by atoms with Crippen LogP contribution in [0.25, 0.3) is 22.0 Å². The van der Waals surface area contributed by atoms with Crippen LogP contribution in [0.5, 0.6) is 0 Å². The summed E-state index contributed by atoms with van der Waals surface area (Å²) in [5.41, 5.74) is 2.58. The number of H-pyrrole nitrogens is 1. The normalized spacial score (nSPS) is 11.6. The lowest BCUT2D eigenvalue weighted by Crippen LogP contribution is -2.05. The van der Waals surface area contributed by atoms with Gasteiger partial charge in [0.25, 0.3) is 0 Å². The highest BCUT2D eigenvalue weighted by molar-refractivity contribution is 7.24. The Labute approximate surface area is 156 Å². The van der Waals surface area contributed by atoms with Crippen molar-refractivity contribution >= 4 is 49.0 Å². The summed E-state index contributed by atoms with van der Waals surface area (Å²) >= 11 is 12.5. The number of hydrogen-bond acceptors (Lipinski definition) is 5.